The average Bonchev–Trinajstić information content (AvgIpc) is 3.57. The van der Waals surface area contributed by atoms with Crippen LogP contribution in [0.5, 0.6) is 0 Å². The Morgan fingerprint density at radius 1 is 1.11 bits per heavy atom. The zero-order valence-electron chi connectivity index (χ0n) is 20.4. The first-order valence-electron chi connectivity index (χ1n) is 12.5. The number of Topliss-reactive ketones (excluding diaryl/α,β-unsaturated/α-hetero) is 1. The van der Waals surface area contributed by atoms with E-state index < -0.39 is 0 Å². The first-order valence-corrected chi connectivity index (χ1v) is 12.5. The van der Waals surface area contributed by atoms with Crippen LogP contribution in [0.1, 0.15) is 53.2 Å². The van der Waals surface area contributed by atoms with Gasteiger partial charge < -0.3 is 15.2 Å². The van der Waals surface area contributed by atoms with Gasteiger partial charge in [0, 0.05) is 78.6 Å². The number of carbonyl (C=O) groups is 1. The molecule has 6 heteroatoms. The SMILES string of the molecule is Cc1cc(=O)[nH]c2ccc(CC(=O)c3cc(CNC(C)C4=NC=CC4)ccc3N3CCCC3)cc12. The van der Waals surface area contributed by atoms with Crippen molar-refractivity contribution in [2.45, 2.75) is 52.1 Å². The number of fused-ring (bicyclic) bond motifs is 1. The number of aryl methyl sites for hydroxylation is 1. The lowest BCUT2D eigenvalue weighted by Gasteiger charge is -2.22. The normalized spacial score (nSPS) is 16.2. The van der Waals surface area contributed by atoms with E-state index in [9.17, 15) is 9.59 Å². The molecule has 0 aliphatic carbocycles. The number of aliphatic imine (C=N–C) groups is 1. The fourth-order valence-corrected chi connectivity index (χ4v) is 5.06. The molecule has 2 aliphatic rings. The van der Waals surface area contributed by atoms with Gasteiger partial charge in [0.15, 0.2) is 5.78 Å². The highest BCUT2D eigenvalue weighted by atomic mass is 16.1. The summed E-state index contributed by atoms with van der Waals surface area (Å²) in [6.07, 6.45) is 7.47. The Labute approximate surface area is 205 Å². The molecule has 2 aromatic carbocycles. The number of hydrogen-bond donors (Lipinski definition) is 2. The lowest BCUT2D eigenvalue weighted by Crippen LogP contribution is -2.32. The summed E-state index contributed by atoms with van der Waals surface area (Å²) in [5, 5.41) is 4.53. The van der Waals surface area contributed by atoms with Gasteiger partial charge in [-0.2, -0.15) is 0 Å². The number of nitrogens with one attached hydrogen (secondary N) is 2. The lowest BCUT2D eigenvalue weighted by molar-refractivity contribution is 0.0993. The monoisotopic (exact) mass is 468 g/mol. The molecule has 0 saturated carbocycles. The minimum Gasteiger partial charge on any atom is -0.371 e. The Morgan fingerprint density at radius 3 is 2.69 bits per heavy atom. The fraction of sp³-hybridized carbons (Fsp3) is 0.345. The molecule has 0 bridgehead atoms. The topological polar surface area (TPSA) is 77.6 Å². The third-order valence-electron chi connectivity index (χ3n) is 7.07. The molecule has 0 amide bonds. The van der Waals surface area contributed by atoms with Crippen molar-refractivity contribution in [3.63, 3.8) is 0 Å². The largest absolute Gasteiger partial charge is 0.371 e. The molecule has 180 valence electrons. The maximum atomic E-state index is 13.6. The molecule has 2 aliphatic heterocycles. The number of nitrogens with zero attached hydrogens (tertiary/aromatic N) is 2. The summed E-state index contributed by atoms with van der Waals surface area (Å²) in [4.78, 5) is 35.1. The molecule has 5 rings (SSSR count). The van der Waals surface area contributed by atoms with Gasteiger partial charge in [0.25, 0.3) is 0 Å². The van der Waals surface area contributed by atoms with E-state index in [0.717, 1.165) is 76.9 Å². The van der Waals surface area contributed by atoms with Crippen molar-refractivity contribution in [3.05, 3.63) is 87.3 Å². The molecule has 1 fully saturated rings. The van der Waals surface area contributed by atoms with E-state index in [1.54, 1.807) is 6.07 Å². The van der Waals surface area contributed by atoms with Crippen LogP contribution < -0.4 is 15.8 Å². The van der Waals surface area contributed by atoms with Crippen LogP contribution in [-0.4, -0.2) is 35.6 Å². The van der Waals surface area contributed by atoms with E-state index in [-0.39, 0.29) is 17.4 Å². The first kappa shape index (κ1) is 23.2. The summed E-state index contributed by atoms with van der Waals surface area (Å²) in [5.74, 6) is 0.118. The minimum atomic E-state index is -0.106. The van der Waals surface area contributed by atoms with Crippen molar-refractivity contribution < 1.29 is 4.79 Å². The zero-order valence-corrected chi connectivity index (χ0v) is 20.4. The molecule has 6 nitrogen and oxygen atoms in total. The van der Waals surface area contributed by atoms with E-state index in [0.29, 0.717) is 13.0 Å². The van der Waals surface area contributed by atoms with Crippen molar-refractivity contribution >= 4 is 28.1 Å². The third kappa shape index (κ3) is 5.13. The highest BCUT2D eigenvalue weighted by Gasteiger charge is 2.21. The molecule has 1 aromatic heterocycles. The van der Waals surface area contributed by atoms with Crippen LogP contribution in [0.2, 0.25) is 0 Å². The molecular weight excluding hydrogens is 436 g/mol. The van der Waals surface area contributed by atoms with Gasteiger partial charge in [-0.3, -0.25) is 14.6 Å². The molecule has 3 aromatic rings. The first-order chi connectivity index (χ1) is 17.0. The number of H-pyrrole nitrogens is 1. The van der Waals surface area contributed by atoms with Gasteiger partial charge in [0.1, 0.15) is 0 Å². The summed E-state index contributed by atoms with van der Waals surface area (Å²) < 4.78 is 0. The molecule has 1 unspecified atom stereocenters. The molecule has 0 spiro atoms. The lowest BCUT2D eigenvalue weighted by atomic mass is 9.97. The Hall–Kier alpha value is -3.51. The Morgan fingerprint density at radius 2 is 1.91 bits per heavy atom. The molecule has 1 saturated heterocycles. The summed E-state index contributed by atoms with van der Waals surface area (Å²) in [7, 11) is 0. The number of ketones is 1. The van der Waals surface area contributed by atoms with Crippen LogP contribution >= 0.6 is 0 Å². The van der Waals surface area contributed by atoms with Crippen LogP contribution in [0.4, 0.5) is 5.69 Å². The van der Waals surface area contributed by atoms with Gasteiger partial charge in [-0.25, -0.2) is 0 Å². The quantitative estimate of drug-likeness (QED) is 0.470. The van der Waals surface area contributed by atoms with E-state index >= 15 is 0 Å². The van der Waals surface area contributed by atoms with Gasteiger partial charge >= 0.3 is 0 Å². The molecule has 2 N–H and O–H groups in total. The molecule has 35 heavy (non-hydrogen) atoms. The highest BCUT2D eigenvalue weighted by molar-refractivity contribution is 6.03. The van der Waals surface area contributed by atoms with Crippen LogP contribution in [0.15, 0.2) is 64.5 Å². The standard InChI is InChI=1S/C29H32N4O2/c1-19-14-29(35)32-26-9-7-21(15-23(19)26)17-28(34)24-16-22(8-10-27(24)33-12-3-4-13-33)18-31-20(2)25-6-5-11-30-25/h5,7-11,14-16,20,31H,3-4,6,12-13,17-18H2,1-2H3,(H,32,35). The van der Waals surface area contributed by atoms with Gasteiger partial charge in [-0.05, 0) is 67.6 Å². The predicted molar refractivity (Wildman–Crippen MR) is 143 cm³/mol. The van der Waals surface area contributed by atoms with Crippen molar-refractivity contribution in [1.29, 1.82) is 0 Å². The molecule has 1 atom stereocenters. The summed E-state index contributed by atoms with van der Waals surface area (Å²) in [6, 6.07) is 14.0. The zero-order chi connectivity index (χ0) is 24.4. The highest BCUT2D eigenvalue weighted by Crippen LogP contribution is 2.28. The maximum absolute atomic E-state index is 13.6. The van der Waals surface area contributed by atoms with Crippen LogP contribution in [0, 0.1) is 6.92 Å². The van der Waals surface area contributed by atoms with Gasteiger partial charge in [-0.1, -0.05) is 18.2 Å². The second-order valence-corrected chi connectivity index (χ2v) is 9.65. The Balaban J connectivity index is 1.39. The van der Waals surface area contributed by atoms with Crippen molar-refractivity contribution in [2.75, 3.05) is 18.0 Å². The second kappa shape index (κ2) is 10.0. The smallest absolute Gasteiger partial charge is 0.248 e. The molecule has 3 heterocycles. The molecule has 0 radical (unpaired) electrons. The van der Waals surface area contributed by atoms with Gasteiger partial charge in [-0.15, -0.1) is 0 Å². The number of carbonyl (C=O) groups excluding carboxylic acids is 1. The van der Waals surface area contributed by atoms with Crippen molar-refractivity contribution in [3.8, 4) is 0 Å². The number of anilines is 1. The van der Waals surface area contributed by atoms with Crippen molar-refractivity contribution in [1.82, 2.24) is 10.3 Å². The summed E-state index contributed by atoms with van der Waals surface area (Å²) in [6.45, 7) is 6.72. The van der Waals surface area contributed by atoms with Gasteiger partial charge in [0.2, 0.25) is 5.56 Å². The van der Waals surface area contributed by atoms with Crippen LogP contribution in [0.3, 0.4) is 0 Å². The predicted octanol–water partition coefficient (Wildman–Crippen LogP) is 4.70. The fourth-order valence-electron chi connectivity index (χ4n) is 5.06. The Bertz CT molecular complexity index is 1380. The summed E-state index contributed by atoms with van der Waals surface area (Å²) in [5.41, 5.74) is 6.63. The summed E-state index contributed by atoms with van der Waals surface area (Å²) >= 11 is 0. The number of hydrogen-bond acceptors (Lipinski definition) is 5. The number of rotatable bonds is 8. The Kier molecular flexibility index (Phi) is 6.64. The minimum absolute atomic E-state index is 0.106. The van der Waals surface area contributed by atoms with E-state index in [2.05, 4.69) is 51.4 Å². The second-order valence-electron chi connectivity index (χ2n) is 9.65. The van der Waals surface area contributed by atoms with Crippen LogP contribution in [0.25, 0.3) is 10.9 Å². The van der Waals surface area contributed by atoms with Crippen molar-refractivity contribution in [2.24, 2.45) is 4.99 Å². The average molecular weight is 469 g/mol. The van der Waals surface area contributed by atoms with E-state index in [4.69, 9.17) is 0 Å². The number of pyridine rings is 1. The van der Waals surface area contributed by atoms with E-state index in [1.165, 1.54) is 0 Å². The number of benzene rings is 2. The number of aromatic nitrogens is 1. The van der Waals surface area contributed by atoms with Crippen LogP contribution in [-0.2, 0) is 13.0 Å². The maximum Gasteiger partial charge on any atom is 0.248 e. The van der Waals surface area contributed by atoms with E-state index in [1.807, 2.05) is 31.3 Å². The number of aromatic amines is 1. The number of allylic oxidation sites excluding steroid dienone is 1. The molecular formula is C29H32N4O2. The van der Waals surface area contributed by atoms with Gasteiger partial charge in [0.05, 0.1) is 0 Å². The third-order valence-corrected chi connectivity index (χ3v) is 7.07.